The number of benzene rings is 2. The van der Waals surface area contributed by atoms with E-state index in [0.29, 0.717) is 36.4 Å². The molecule has 1 aliphatic rings. The maximum absolute atomic E-state index is 12.7. The molecule has 0 saturated carbocycles. The summed E-state index contributed by atoms with van der Waals surface area (Å²) in [6, 6.07) is 13.9. The Morgan fingerprint density at radius 2 is 1.65 bits per heavy atom. The van der Waals surface area contributed by atoms with Crippen molar-refractivity contribution in [2.75, 3.05) is 26.7 Å². The SMILES string of the molecule is COc1ccc(C(=O)CCCCCC(=O)N[C@H](CN2CCCC2)[C@H](O)c2ccc(Cl)cc2)cc1. The fourth-order valence-electron chi connectivity index (χ4n) is 4.31. The Kier molecular flexibility index (Phi) is 10.4. The number of rotatable bonds is 13. The summed E-state index contributed by atoms with van der Waals surface area (Å²) in [5, 5.41) is 14.6. The topological polar surface area (TPSA) is 78.9 Å². The van der Waals surface area contributed by atoms with E-state index in [1.165, 1.54) is 0 Å². The first-order chi connectivity index (χ1) is 16.5. The third-order valence-corrected chi connectivity index (χ3v) is 6.56. The predicted molar refractivity (Wildman–Crippen MR) is 134 cm³/mol. The minimum Gasteiger partial charge on any atom is -0.497 e. The molecule has 184 valence electrons. The molecule has 0 radical (unpaired) electrons. The van der Waals surface area contributed by atoms with Crippen LogP contribution in [0.5, 0.6) is 5.75 Å². The lowest BCUT2D eigenvalue weighted by molar-refractivity contribution is -0.123. The number of likely N-dealkylation sites (tertiary alicyclic amines) is 1. The number of methoxy groups -OCH3 is 1. The molecule has 2 aromatic rings. The van der Waals surface area contributed by atoms with Gasteiger partial charge >= 0.3 is 0 Å². The number of hydrogen-bond donors (Lipinski definition) is 2. The summed E-state index contributed by atoms with van der Waals surface area (Å²) in [6.07, 6.45) is 4.56. The Labute approximate surface area is 207 Å². The number of Topliss-reactive ketones (excluding diaryl/α,β-unsaturated/α-hetero) is 1. The summed E-state index contributed by atoms with van der Waals surface area (Å²) in [5.41, 5.74) is 1.42. The summed E-state index contributed by atoms with van der Waals surface area (Å²) in [7, 11) is 1.60. The van der Waals surface area contributed by atoms with E-state index in [2.05, 4.69) is 10.2 Å². The summed E-state index contributed by atoms with van der Waals surface area (Å²) < 4.78 is 5.12. The van der Waals surface area contributed by atoms with Crippen LogP contribution in [-0.2, 0) is 4.79 Å². The zero-order valence-corrected chi connectivity index (χ0v) is 20.6. The number of unbranched alkanes of at least 4 members (excludes halogenated alkanes) is 2. The van der Waals surface area contributed by atoms with Crippen molar-refractivity contribution < 1.29 is 19.4 Å². The molecular weight excluding hydrogens is 452 g/mol. The second-order valence-electron chi connectivity index (χ2n) is 8.89. The molecule has 1 aliphatic heterocycles. The number of amides is 1. The molecule has 34 heavy (non-hydrogen) atoms. The summed E-state index contributed by atoms with van der Waals surface area (Å²) in [4.78, 5) is 27.3. The largest absolute Gasteiger partial charge is 0.497 e. The molecule has 6 nitrogen and oxygen atoms in total. The van der Waals surface area contributed by atoms with Crippen molar-refractivity contribution in [3.05, 3.63) is 64.7 Å². The van der Waals surface area contributed by atoms with Crippen molar-refractivity contribution in [2.24, 2.45) is 0 Å². The van der Waals surface area contributed by atoms with Crippen LogP contribution in [-0.4, -0.2) is 54.5 Å². The second kappa shape index (κ2) is 13.5. The fraction of sp³-hybridized carbons (Fsp3) is 0.481. The quantitative estimate of drug-likeness (QED) is 0.314. The van der Waals surface area contributed by atoms with Crippen LogP contribution in [0, 0.1) is 0 Å². The van der Waals surface area contributed by atoms with Gasteiger partial charge in [-0.1, -0.05) is 30.2 Å². The van der Waals surface area contributed by atoms with Gasteiger partial charge < -0.3 is 20.1 Å². The van der Waals surface area contributed by atoms with Gasteiger partial charge in [0.25, 0.3) is 0 Å². The van der Waals surface area contributed by atoms with Crippen LogP contribution in [0.15, 0.2) is 48.5 Å². The molecule has 0 unspecified atom stereocenters. The van der Waals surface area contributed by atoms with Crippen LogP contribution in [0.3, 0.4) is 0 Å². The Bertz CT molecular complexity index is 911. The van der Waals surface area contributed by atoms with E-state index < -0.39 is 6.10 Å². The van der Waals surface area contributed by atoms with Crippen molar-refractivity contribution in [1.29, 1.82) is 0 Å². The van der Waals surface area contributed by atoms with E-state index in [0.717, 1.165) is 50.1 Å². The number of nitrogens with zero attached hydrogens (tertiary/aromatic N) is 1. The molecule has 0 bridgehead atoms. The van der Waals surface area contributed by atoms with Crippen molar-refractivity contribution in [3.63, 3.8) is 0 Å². The number of ether oxygens (including phenoxy) is 1. The van der Waals surface area contributed by atoms with Crippen LogP contribution in [0.1, 0.15) is 67.0 Å². The number of carbonyl (C=O) groups excluding carboxylic acids is 2. The maximum atomic E-state index is 12.7. The number of ketones is 1. The number of hydrogen-bond acceptors (Lipinski definition) is 5. The molecule has 7 heteroatoms. The van der Waals surface area contributed by atoms with Gasteiger partial charge in [0, 0.05) is 30.0 Å². The standard InChI is InChI=1S/C27H35ClN2O4/c1-34-23-15-11-20(12-16-23)25(31)7-3-2-4-8-26(32)29-24(19-30-17-5-6-18-30)27(33)21-9-13-22(28)14-10-21/h9-16,24,27,33H,2-8,17-19H2,1H3,(H,29,32)/t24-,27-/m1/s1. The van der Waals surface area contributed by atoms with Crippen molar-refractivity contribution >= 4 is 23.3 Å². The third kappa shape index (κ3) is 8.12. The van der Waals surface area contributed by atoms with E-state index >= 15 is 0 Å². The highest BCUT2D eigenvalue weighted by molar-refractivity contribution is 6.30. The highest BCUT2D eigenvalue weighted by Crippen LogP contribution is 2.22. The summed E-state index contributed by atoms with van der Waals surface area (Å²) in [6.45, 7) is 2.59. The van der Waals surface area contributed by atoms with Gasteiger partial charge in [0.05, 0.1) is 13.2 Å². The lowest BCUT2D eigenvalue weighted by Gasteiger charge is -2.29. The average molecular weight is 487 g/mol. The lowest BCUT2D eigenvalue weighted by Crippen LogP contribution is -2.46. The van der Waals surface area contributed by atoms with Gasteiger partial charge in [-0.25, -0.2) is 0 Å². The van der Waals surface area contributed by atoms with Crippen LogP contribution < -0.4 is 10.1 Å². The number of nitrogens with one attached hydrogen (secondary N) is 1. The van der Waals surface area contributed by atoms with Gasteiger partial charge in [0.2, 0.25) is 5.91 Å². The van der Waals surface area contributed by atoms with E-state index in [1.807, 2.05) is 0 Å². The zero-order chi connectivity index (χ0) is 24.3. The molecule has 0 spiro atoms. The van der Waals surface area contributed by atoms with E-state index in [9.17, 15) is 14.7 Å². The van der Waals surface area contributed by atoms with E-state index in [4.69, 9.17) is 16.3 Å². The lowest BCUT2D eigenvalue weighted by atomic mass is 10.0. The molecule has 2 N–H and O–H groups in total. The molecule has 3 rings (SSSR count). The third-order valence-electron chi connectivity index (χ3n) is 6.31. The van der Waals surface area contributed by atoms with Crippen molar-refractivity contribution in [3.8, 4) is 5.75 Å². The van der Waals surface area contributed by atoms with E-state index in [-0.39, 0.29) is 17.7 Å². The van der Waals surface area contributed by atoms with Gasteiger partial charge in [-0.15, -0.1) is 0 Å². The van der Waals surface area contributed by atoms with Gasteiger partial charge in [-0.2, -0.15) is 0 Å². The average Bonchev–Trinajstić information content (AvgIpc) is 3.36. The van der Waals surface area contributed by atoms with Crippen LogP contribution >= 0.6 is 11.6 Å². The smallest absolute Gasteiger partial charge is 0.220 e. The van der Waals surface area contributed by atoms with Gasteiger partial charge in [-0.05, 0) is 80.7 Å². The molecule has 1 saturated heterocycles. The Hall–Kier alpha value is -2.41. The highest BCUT2D eigenvalue weighted by Gasteiger charge is 2.26. The van der Waals surface area contributed by atoms with Crippen LogP contribution in [0.2, 0.25) is 5.02 Å². The van der Waals surface area contributed by atoms with Crippen LogP contribution in [0.25, 0.3) is 0 Å². The Morgan fingerprint density at radius 1 is 1.00 bits per heavy atom. The molecule has 0 aliphatic carbocycles. The van der Waals surface area contributed by atoms with Gasteiger partial charge in [0.15, 0.2) is 5.78 Å². The van der Waals surface area contributed by atoms with Gasteiger partial charge in [-0.3, -0.25) is 9.59 Å². The Morgan fingerprint density at radius 3 is 2.29 bits per heavy atom. The fourth-order valence-corrected chi connectivity index (χ4v) is 4.43. The minimum atomic E-state index is -0.802. The monoisotopic (exact) mass is 486 g/mol. The summed E-state index contributed by atoms with van der Waals surface area (Å²) >= 11 is 5.98. The molecule has 1 amide bonds. The zero-order valence-electron chi connectivity index (χ0n) is 19.8. The van der Waals surface area contributed by atoms with Crippen LogP contribution in [0.4, 0.5) is 0 Å². The minimum absolute atomic E-state index is 0.0707. The van der Waals surface area contributed by atoms with Gasteiger partial charge in [0.1, 0.15) is 11.9 Å². The molecule has 0 aromatic heterocycles. The first kappa shape index (κ1) is 26.2. The van der Waals surface area contributed by atoms with E-state index in [1.54, 1.807) is 55.6 Å². The maximum Gasteiger partial charge on any atom is 0.220 e. The van der Waals surface area contributed by atoms with Crippen molar-refractivity contribution in [2.45, 2.75) is 57.1 Å². The molecule has 1 heterocycles. The predicted octanol–water partition coefficient (Wildman–Crippen LogP) is 4.80. The number of halogens is 1. The highest BCUT2D eigenvalue weighted by atomic mass is 35.5. The first-order valence-corrected chi connectivity index (χ1v) is 12.5. The first-order valence-electron chi connectivity index (χ1n) is 12.1. The number of carbonyl (C=O) groups is 2. The number of aliphatic hydroxyl groups excluding tert-OH is 1. The molecular formula is C27H35ClN2O4. The molecule has 2 atom stereocenters. The van der Waals surface area contributed by atoms with Crippen molar-refractivity contribution in [1.82, 2.24) is 10.2 Å². The second-order valence-corrected chi connectivity index (χ2v) is 9.33. The summed E-state index contributed by atoms with van der Waals surface area (Å²) in [5.74, 6) is 0.759. The number of aliphatic hydroxyl groups is 1. The molecule has 1 fully saturated rings. The normalized spacial score (nSPS) is 15.6. The Balaban J connectivity index is 1.43. The molecule has 2 aromatic carbocycles.